The molecule has 1 unspecified atom stereocenters. The number of anilines is 2. The minimum absolute atomic E-state index is 0.0972. The summed E-state index contributed by atoms with van der Waals surface area (Å²) in [6.07, 6.45) is 1.69. The van der Waals surface area contributed by atoms with E-state index in [1.165, 1.54) is 23.1 Å². The Labute approximate surface area is 323 Å². The van der Waals surface area contributed by atoms with E-state index in [0.29, 0.717) is 16.4 Å². The highest BCUT2D eigenvalue weighted by atomic mass is 79.9. The topological polar surface area (TPSA) is 100 Å². The van der Waals surface area contributed by atoms with E-state index in [4.69, 9.17) is 0 Å². The van der Waals surface area contributed by atoms with Gasteiger partial charge in [-0.25, -0.2) is 4.98 Å². The van der Waals surface area contributed by atoms with Crippen molar-refractivity contribution in [3.8, 4) is 11.3 Å². The van der Waals surface area contributed by atoms with Gasteiger partial charge in [-0.05, 0) is 76.5 Å². The van der Waals surface area contributed by atoms with E-state index in [0.717, 1.165) is 42.5 Å². The number of carbonyl (C=O) groups is 3. The van der Waals surface area contributed by atoms with Crippen molar-refractivity contribution in [3.63, 3.8) is 0 Å². The van der Waals surface area contributed by atoms with Gasteiger partial charge in [0.1, 0.15) is 10.9 Å². The van der Waals surface area contributed by atoms with E-state index in [2.05, 4.69) is 36.9 Å². The maximum absolute atomic E-state index is 13.8. The van der Waals surface area contributed by atoms with Gasteiger partial charge in [-0.3, -0.25) is 14.4 Å². The van der Waals surface area contributed by atoms with Gasteiger partial charge in [-0.15, -0.1) is 23.1 Å². The molecular weight excluding hydrogens is 765 g/mol. The molecule has 6 aromatic carbocycles. The monoisotopic (exact) mass is 794 g/mol. The van der Waals surface area contributed by atoms with Gasteiger partial charge >= 0.3 is 0 Å². The zero-order valence-electron chi connectivity index (χ0n) is 28.0. The second kappa shape index (κ2) is 16.7. The third-order valence-corrected chi connectivity index (χ3v) is 10.8. The molecular formula is C43H31BrN4O3S2. The second-order valence-electron chi connectivity index (χ2n) is 11.9. The molecule has 1 atom stereocenters. The summed E-state index contributed by atoms with van der Waals surface area (Å²) in [5, 5.41) is 12.6. The lowest BCUT2D eigenvalue weighted by Gasteiger charge is -2.17. The highest BCUT2D eigenvalue weighted by Gasteiger charge is 2.24. The molecule has 53 heavy (non-hydrogen) atoms. The Kier molecular flexibility index (Phi) is 11.2. The molecule has 3 amide bonds. The summed E-state index contributed by atoms with van der Waals surface area (Å²) in [7, 11) is 0. The Morgan fingerprint density at radius 2 is 1.40 bits per heavy atom. The Morgan fingerprint density at radius 3 is 2.15 bits per heavy atom. The number of benzene rings is 6. The Balaban J connectivity index is 1.09. The van der Waals surface area contributed by atoms with Crippen LogP contribution in [-0.2, 0) is 9.59 Å². The van der Waals surface area contributed by atoms with Gasteiger partial charge in [0.15, 0.2) is 5.13 Å². The summed E-state index contributed by atoms with van der Waals surface area (Å²) in [5.41, 5.74) is 4.44. The lowest BCUT2D eigenvalue weighted by Crippen LogP contribution is -2.30. The lowest BCUT2D eigenvalue weighted by atomic mass is 10.0. The van der Waals surface area contributed by atoms with Crippen LogP contribution in [0.4, 0.5) is 10.8 Å². The first-order valence-electron chi connectivity index (χ1n) is 16.6. The molecule has 0 bridgehead atoms. The molecule has 1 heterocycles. The first kappa shape index (κ1) is 35.6. The molecule has 0 aliphatic carbocycles. The summed E-state index contributed by atoms with van der Waals surface area (Å²) in [6.45, 7) is 0. The predicted molar refractivity (Wildman–Crippen MR) is 220 cm³/mol. The van der Waals surface area contributed by atoms with Crippen LogP contribution in [0.1, 0.15) is 26.7 Å². The SMILES string of the molecule is O=C(Nc1ccc(SC(C(=O)Nc2nc(-c3ccc(Br)cc3)cs2)c2ccccc2)cc1)/C(=C/c1cccc2ccccc12)NC(=O)c1ccccc1. The number of rotatable bonds is 11. The molecule has 0 fully saturated rings. The Bertz CT molecular complexity index is 2410. The van der Waals surface area contributed by atoms with Crippen molar-refractivity contribution >= 4 is 84.4 Å². The largest absolute Gasteiger partial charge is 0.321 e. The van der Waals surface area contributed by atoms with Gasteiger partial charge in [0.2, 0.25) is 5.91 Å². The van der Waals surface area contributed by atoms with Gasteiger partial charge in [-0.1, -0.05) is 119 Å². The van der Waals surface area contributed by atoms with Crippen LogP contribution in [0.2, 0.25) is 0 Å². The fourth-order valence-electron chi connectivity index (χ4n) is 5.58. The molecule has 0 saturated heterocycles. The normalized spacial score (nSPS) is 11.8. The second-order valence-corrected chi connectivity index (χ2v) is 14.8. The molecule has 0 aliphatic heterocycles. The molecule has 0 saturated carbocycles. The number of halogens is 1. The zero-order chi connectivity index (χ0) is 36.6. The van der Waals surface area contributed by atoms with Crippen molar-refractivity contribution in [2.75, 3.05) is 10.6 Å². The van der Waals surface area contributed by atoms with E-state index < -0.39 is 17.1 Å². The molecule has 0 aliphatic rings. The number of thiazole rings is 1. The van der Waals surface area contributed by atoms with E-state index in [1.807, 2.05) is 121 Å². The van der Waals surface area contributed by atoms with Crippen LogP contribution in [0.5, 0.6) is 0 Å². The predicted octanol–water partition coefficient (Wildman–Crippen LogP) is 10.6. The molecule has 1 aromatic heterocycles. The maximum Gasteiger partial charge on any atom is 0.272 e. The summed E-state index contributed by atoms with van der Waals surface area (Å²) in [4.78, 5) is 46.2. The highest BCUT2D eigenvalue weighted by molar-refractivity contribution is 9.10. The third-order valence-electron chi connectivity index (χ3n) is 8.23. The first-order valence-corrected chi connectivity index (χ1v) is 19.2. The van der Waals surface area contributed by atoms with Crippen molar-refractivity contribution in [2.45, 2.75) is 10.1 Å². The van der Waals surface area contributed by atoms with Crippen LogP contribution in [0.15, 0.2) is 172 Å². The van der Waals surface area contributed by atoms with Crippen LogP contribution in [-0.4, -0.2) is 22.7 Å². The average molecular weight is 796 g/mol. The van der Waals surface area contributed by atoms with Crippen molar-refractivity contribution in [3.05, 3.63) is 184 Å². The minimum Gasteiger partial charge on any atom is -0.321 e. The number of hydrogen-bond acceptors (Lipinski definition) is 6. The molecule has 10 heteroatoms. The maximum atomic E-state index is 13.8. The van der Waals surface area contributed by atoms with Crippen LogP contribution in [0.3, 0.4) is 0 Å². The Morgan fingerprint density at radius 1 is 0.717 bits per heavy atom. The molecule has 260 valence electrons. The molecule has 7 aromatic rings. The number of fused-ring (bicyclic) bond motifs is 1. The van der Waals surface area contributed by atoms with Gasteiger partial charge in [0.25, 0.3) is 11.8 Å². The number of hydrogen-bond donors (Lipinski definition) is 3. The van der Waals surface area contributed by atoms with Crippen LogP contribution in [0.25, 0.3) is 28.1 Å². The van der Waals surface area contributed by atoms with Crippen LogP contribution < -0.4 is 16.0 Å². The minimum atomic E-state index is -0.569. The van der Waals surface area contributed by atoms with Crippen molar-refractivity contribution in [1.29, 1.82) is 0 Å². The van der Waals surface area contributed by atoms with E-state index in [9.17, 15) is 14.4 Å². The number of nitrogens with one attached hydrogen (secondary N) is 3. The van der Waals surface area contributed by atoms with E-state index in [1.54, 1.807) is 42.5 Å². The zero-order valence-corrected chi connectivity index (χ0v) is 31.3. The fraction of sp³-hybridized carbons (Fsp3) is 0.0233. The van der Waals surface area contributed by atoms with E-state index >= 15 is 0 Å². The number of carbonyl (C=O) groups excluding carboxylic acids is 3. The summed E-state index contributed by atoms with van der Waals surface area (Å²) < 4.78 is 0.981. The number of nitrogens with zero attached hydrogens (tertiary/aromatic N) is 1. The van der Waals surface area contributed by atoms with Crippen molar-refractivity contribution < 1.29 is 14.4 Å². The number of amides is 3. The van der Waals surface area contributed by atoms with Gasteiger partial charge in [0, 0.05) is 31.6 Å². The van der Waals surface area contributed by atoms with Gasteiger partial charge in [-0.2, -0.15) is 0 Å². The lowest BCUT2D eigenvalue weighted by molar-refractivity contribution is -0.116. The van der Waals surface area contributed by atoms with Crippen LogP contribution in [0, 0.1) is 0 Å². The van der Waals surface area contributed by atoms with Crippen molar-refractivity contribution in [2.24, 2.45) is 0 Å². The summed E-state index contributed by atoms with van der Waals surface area (Å²) >= 11 is 6.23. The van der Waals surface area contributed by atoms with Gasteiger partial charge < -0.3 is 16.0 Å². The van der Waals surface area contributed by atoms with Crippen LogP contribution >= 0.6 is 39.0 Å². The highest BCUT2D eigenvalue weighted by Crippen LogP contribution is 2.37. The van der Waals surface area contributed by atoms with Crippen molar-refractivity contribution in [1.82, 2.24) is 10.3 Å². The summed E-state index contributed by atoms with van der Waals surface area (Å²) in [6, 6.07) is 47.2. The Hall–Kier alpha value is -5.81. The van der Waals surface area contributed by atoms with E-state index in [-0.39, 0.29) is 11.6 Å². The first-order chi connectivity index (χ1) is 25.9. The number of aromatic nitrogens is 1. The molecule has 0 radical (unpaired) electrons. The molecule has 3 N–H and O–H groups in total. The standard InChI is InChI=1S/C43H31BrN4O3S2/c44-33-20-18-29(19-21-33)38-27-52-43(47-38)48-42(51)39(30-11-3-1-4-12-30)53-35-24-22-34(23-25-35)45-41(50)37(46-40(49)31-13-5-2-6-14-31)26-32-16-9-15-28-10-7-8-17-36(28)32/h1-27,39H,(H,45,50)(H,46,49)(H,47,48,51)/b37-26-. The quantitative estimate of drug-likeness (QED) is 0.0894. The third kappa shape index (κ3) is 8.99. The smallest absolute Gasteiger partial charge is 0.272 e. The molecule has 7 nitrogen and oxygen atoms in total. The molecule has 0 spiro atoms. The fourth-order valence-corrected chi connectivity index (χ4v) is 7.59. The summed E-state index contributed by atoms with van der Waals surface area (Å²) in [5.74, 6) is -1.07. The van der Waals surface area contributed by atoms with Gasteiger partial charge in [0.05, 0.1) is 5.69 Å². The number of thioether (sulfide) groups is 1. The average Bonchev–Trinajstić information content (AvgIpc) is 3.66. The molecule has 7 rings (SSSR count).